The number of nitrogens with one attached hydrogen (secondary N) is 2. The first kappa shape index (κ1) is 24.0. The number of aryl methyl sites for hydroxylation is 1. The number of benzene rings is 3. The molecule has 1 aliphatic heterocycles. The number of ether oxygens (including phenoxy) is 1. The van der Waals surface area contributed by atoms with Crippen molar-refractivity contribution in [3.8, 4) is 5.75 Å². The number of carbonyl (C=O) groups is 3. The molecule has 2 atom stereocenters. The molecule has 7 heteroatoms. The Morgan fingerprint density at radius 2 is 1.54 bits per heavy atom. The standard InChI is InChI=1S/C28H29N3O4/c1-18-8-14-22(15-9-18)31-26(33)17-16-24(27(31)23-6-4-5-7-25(23)35-3)28(34)30-21-12-10-20(11-13-21)29-19(2)32/h4-15,24,27H,16-17H2,1-3H3,(H,29,32)(H,30,34)/t24-,27-/m0/s1. The van der Waals surface area contributed by atoms with Crippen molar-refractivity contribution in [2.75, 3.05) is 22.6 Å². The van der Waals surface area contributed by atoms with E-state index < -0.39 is 12.0 Å². The number of nitrogens with zero attached hydrogens (tertiary/aromatic N) is 1. The highest BCUT2D eigenvalue weighted by molar-refractivity contribution is 6.00. The number of rotatable bonds is 6. The summed E-state index contributed by atoms with van der Waals surface area (Å²) in [5.74, 6) is -0.252. The molecule has 0 radical (unpaired) electrons. The van der Waals surface area contributed by atoms with E-state index in [2.05, 4.69) is 10.6 Å². The minimum Gasteiger partial charge on any atom is -0.496 e. The smallest absolute Gasteiger partial charge is 0.229 e. The van der Waals surface area contributed by atoms with E-state index >= 15 is 0 Å². The number of hydrogen-bond acceptors (Lipinski definition) is 4. The number of para-hydroxylation sites is 1. The Kier molecular flexibility index (Phi) is 7.15. The lowest BCUT2D eigenvalue weighted by Crippen LogP contribution is -2.47. The highest BCUT2D eigenvalue weighted by Gasteiger charge is 2.42. The van der Waals surface area contributed by atoms with Crippen molar-refractivity contribution in [1.82, 2.24) is 0 Å². The molecule has 0 aliphatic carbocycles. The van der Waals surface area contributed by atoms with Gasteiger partial charge in [0.1, 0.15) is 5.75 Å². The summed E-state index contributed by atoms with van der Waals surface area (Å²) in [4.78, 5) is 39.8. The third-order valence-electron chi connectivity index (χ3n) is 6.18. The molecule has 180 valence electrons. The molecule has 0 aromatic heterocycles. The van der Waals surface area contributed by atoms with Crippen LogP contribution in [0.1, 0.15) is 36.9 Å². The number of methoxy groups -OCH3 is 1. The van der Waals surface area contributed by atoms with Gasteiger partial charge in [-0.2, -0.15) is 0 Å². The van der Waals surface area contributed by atoms with E-state index in [-0.39, 0.29) is 24.1 Å². The molecule has 3 aromatic rings. The van der Waals surface area contributed by atoms with Gasteiger partial charge in [0.25, 0.3) is 0 Å². The van der Waals surface area contributed by atoms with Crippen LogP contribution in [0.25, 0.3) is 0 Å². The topological polar surface area (TPSA) is 87.7 Å². The normalized spacial score (nSPS) is 17.6. The number of amides is 3. The number of carbonyl (C=O) groups excluding carboxylic acids is 3. The Labute approximate surface area is 205 Å². The molecule has 3 aromatic carbocycles. The summed E-state index contributed by atoms with van der Waals surface area (Å²) in [5, 5.41) is 5.71. The van der Waals surface area contributed by atoms with E-state index in [0.29, 0.717) is 23.5 Å². The van der Waals surface area contributed by atoms with Gasteiger partial charge < -0.3 is 20.3 Å². The molecular formula is C28H29N3O4. The van der Waals surface area contributed by atoms with Gasteiger partial charge in [-0.25, -0.2) is 0 Å². The summed E-state index contributed by atoms with van der Waals surface area (Å²) < 4.78 is 5.62. The van der Waals surface area contributed by atoms with E-state index in [9.17, 15) is 14.4 Å². The summed E-state index contributed by atoms with van der Waals surface area (Å²) in [6.45, 7) is 3.44. The molecule has 7 nitrogen and oxygen atoms in total. The maximum absolute atomic E-state index is 13.6. The summed E-state index contributed by atoms with van der Waals surface area (Å²) in [7, 11) is 1.59. The molecule has 0 bridgehead atoms. The minimum absolute atomic E-state index is 0.0338. The molecule has 1 saturated heterocycles. The molecule has 1 aliphatic rings. The fourth-order valence-corrected chi connectivity index (χ4v) is 4.52. The lowest BCUT2D eigenvalue weighted by atomic mass is 9.82. The average molecular weight is 472 g/mol. The quantitative estimate of drug-likeness (QED) is 0.525. The van der Waals surface area contributed by atoms with Gasteiger partial charge in [0.15, 0.2) is 0 Å². The van der Waals surface area contributed by atoms with Crippen molar-refractivity contribution in [3.05, 3.63) is 83.9 Å². The maximum Gasteiger partial charge on any atom is 0.229 e. The first-order chi connectivity index (χ1) is 16.9. The maximum atomic E-state index is 13.6. The predicted molar refractivity (Wildman–Crippen MR) is 136 cm³/mol. The van der Waals surface area contributed by atoms with Gasteiger partial charge in [-0.1, -0.05) is 35.9 Å². The van der Waals surface area contributed by atoms with E-state index in [0.717, 1.165) is 16.8 Å². The third kappa shape index (κ3) is 5.35. The van der Waals surface area contributed by atoms with Crippen LogP contribution in [-0.4, -0.2) is 24.8 Å². The Morgan fingerprint density at radius 1 is 0.914 bits per heavy atom. The highest BCUT2D eigenvalue weighted by atomic mass is 16.5. The number of piperidine rings is 1. The van der Waals surface area contributed by atoms with E-state index in [1.807, 2.05) is 55.5 Å². The fourth-order valence-electron chi connectivity index (χ4n) is 4.52. The second kappa shape index (κ2) is 10.4. The van der Waals surface area contributed by atoms with Crippen LogP contribution >= 0.6 is 0 Å². The van der Waals surface area contributed by atoms with Crippen LogP contribution in [0.4, 0.5) is 17.1 Å². The summed E-state index contributed by atoms with van der Waals surface area (Å²) in [6, 6.07) is 21.7. The molecule has 2 N–H and O–H groups in total. The first-order valence-corrected chi connectivity index (χ1v) is 11.6. The highest BCUT2D eigenvalue weighted by Crippen LogP contribution is 2.43. The van der Waals surface area contributed by atoms with Crippen LogP contribution in [-0.2, 0) is 14.4 Å². The zero-order valence-electron chi connectivity index (χ0n) is 20.1. The van der Waals surface area contributed by atoms with Crippen molar-refractivity contribution >= 4 is 34.8 Å². The second-order valence-corrected chi connectivity index (χ2v) is 8.68. The molecular weight excluding hydrogens is 442 g/mol. The van der Waals surface area contributed by atoms with Crippen LogP contribution in [0, 0.1) is 12.8 Å². The first-order valence-electron chi connectivity index (χ1n) is 11.6. The molecule has 1 fully saturated rings. The van der Waals surface area contributed by atoms with Crippen molar-refractivity contribution in [2.24, 2.45) is 5.92 Å². The van der Waals surface area contributed by atoms with Gasteiger partial charge in [-0.15, -0.1) is 0 Å². The Morgan fingerprint density at radius 3 is 2.17 bits per heavy atom. The van der Waals surface area contributed by atoms with Crippen molar-refractivity contribution in [2.45, 2.75) is 32.7 Å². The molecule has 0 unspecified atom stereocenters. The second-order valence-electron chi connectivity index (χ2n) is 8.68. The van der Waals surface area contributed by atoms with Crippen LogP contribution in [0.2, 0.25) is 0 Å². The van der Waals surface area contributed by atoms with Gasteiger partial charge in [-0.05, 0) is 55.8 Å². The zero-order valence-corrected chi connectivity index (χ0v) is 20.1. The van der Waals surface area contributed by atoms with Crippen molar-refractivity contribution < 1.29 is 19.1 Å². The zero-order chi connectivity index (χ0) is 24.9. The van der Waals surface area contributed by atoms with Gasteiger partial charge >= 0.3 is 0 Å². The Bertz CT molecular complexity index is 1220. The van der Waals surface area contributed by atoms with Gasteiger partial charge in [0.2, 0.25) is 17.7 Å². The van der Waals surface area contributed by atoms with Crippen LogP contribution in [0.3, 0.4) is 0 Å². The third-order valence-corrected chi connectivity index (χ3v) is 6.18. The molecule has 0 saturated carbocycles. The lowest BCUT2D eigenvalue weighted by molar-refractivity contribution is -0.126. The summed E-state index contributed by atoms with van der Waals surface area (Å²) in [5.41, 5.74) is 3.88. The van der Waals surface area contributed by atoms with Crippen LogP contribution in [0.5, 0.6) is 5.75 Å². The Hall–Kier alpha value is -4.13. The molecule has 1 heterocycles. The Balaban J connectivity index is 1.70. The van der Waals surface area contributed by atoms with Gasteiger partial charge in [-0.3, -0.25) is 14.4 Å². The molecule has 0 spiro atoms. The van der Waals surface area contributed by atoms with Gasteiger partial charge in [0, 0.05) is 36.0 Å². The monoisotopic (exact) mass is 471 g/mol. The number of anilines is 3. The average Bonchev–Trinajstić information content (AvgIpc) is 2.85. The van der Waals surface area contributed by atoms with Gasteiger partial charge in [0.05, 0.1) is 19.1 Å². The van der Waals surface area contributed by atoms with Crippen LogP contribution in [0.15, 0.2) is 72.8 Å². The summed E-state index contributed by atoms with van der Waals surface area (Å²) >= 11 is 0. The van der Waals surface area contributed by atoms with E-state index in [1.165, 1.54) is 6.92 Å². The SMILES string of the molecule is COc1ccccc1[C@H]1[C@@H](C(=O)Nc2ccc(NC(C)=O)cc2)CCC(=O)N1c1ccc(C)cc1. The van der Waals surface area contributed by atoms with E-state index in [4.69, 9.17) is 4.74 Å². The lowest BCUT2D eigenvalue weighted by Gasteiger charge is -2.41. The van der Waals surface area contributed by atoms with Crippen molar-refractivity contribution in [1.29, 1.82) is 0 Å². The predicted octanol–water partition coefficient (Wildman–Crippen LogP) is 5.09. The molecule has 4 rings (SSSR count). The number of hydrogen-bond donors (Lipinski definition) is 2. The van der Waals surface area contributed by atoms with Crippen LogP contribution < -0.4 is 20.3 Å². The van der Waals surface area contributed by atoms with E-state index in [1.54, 1.807) is 36.3 Å². The molecule has 3 amide bonds. The minimum atomic E-state index is -0.534. The fraction of sp³-hybridized carbons (Fsp3) is 0.250. The van der Waals surface area contributed by atoms with Crippen molar-refractivity contribution in [3.63, 3.8) is 0 Å². The summed E-state index contributed by atoms with van der Waals surface area (Å²) in [6.07, 6.45) is 0.679. The largest absolute Gasteiger partial charge is 0.496 e. The molecule has 35 heavy (non-hydrogen) atoms.